The Kier molecular flexibility index (Phi) is 12.3. The summed E-state index contributed by atoms with van der Waals surface area (Å²) in [5.41, 5.74) is 1.54. The molecule has 9 nitrogen and oxygen atoms in total. The fraction of sp³-hybridized carbons (Fsp3) is 0.278. The van der Waals surface area contributed by atoms with Gasteiger partial charge in [0, 0.05) is 30.1 Å². The van der Waals surface area contributed by atoms with Crippen LogP contribution in [-0.2, 0) is 32.6 Å². The van der Waals surface area contributed by atoms with E-state index in [4.69, 9.17) is 21.1 Å². The summed E-state index contributed by atoms with van der Waals surface area (Å²) in [7, 11) is -1.45. The predicted molar refractivity (Wildman–Crippen MR) is 184 cm³/mol. The number of benzene rings is 4. The first-order chi connectivity index (χ1) is 22.6. The van der Waals surface area contributed by atoms with Crippen molar-refractivity contribution in [2.24, 2.45) is 0 Å². The minimum atomic E-state index is -4.33. The van der Waals surface area contributed by atoms with Gasteiger partial charge in [-0.25, -0.2) is 8.42 Å². The van der Waals surface area contributed by atoms with Crippen molar-refractivity contribution < 1.29 is 27.5 Å². The van der Waals surface area contributed by atoms with Crippen molar-refractivity contribution in [2.75, 3.05) is 25.1 Å². The van der Waals surface area contributed by atoms with Crippen molar-refractivity contribution in [1.82, 2.24) is 10.2 Å². The average molecular weight is 678 g/mol. The normalized spacial score (nSPS) is 12.4. The lowest BCUT2D eigenvalue weighted by atomic mass is 10.0. The highest BCUT2D eigenvalue weighted by Gasteiger charge is 2.36. The molecule has 2 atom stereocenters. The van der Waals surface area contributed by atoms with Gasteiger partial charge in [0.1, 0.15) is 24.1 Å². The third-order valence-electron chi connectivity index (χ3n) is 7.84. The maximum atomic E-state index is 14.7. The molecule has 0 saturated carbocycles. The molecule has 4 aromatic carbocycles. The number of hydrogen-bond acceptors (Lipinski definition) is 6. The van der Waals surface area contributed by atoms with Crippen molar-refractivity contribution in [3.63, 3.8) is 0 Å². The molecule has 2 unspecified atom stereocenters. The number of ether oxygens (including phenoxy) is 2. The van der Waals surface area contributed by atoms with Crippen LogP contribution in [0.2, 0.25) is 5.02 Å². The Bertz CT molecular complexity index is 1760. The molecule has 0 aliphatic heterocycles. The van der Waals surface area contributed by atoms with Gasteiger partial charge in [-0.1, -0.05) is 85.3 Å². The van der Waals surface area contributed by atoms with Crippen molar-refractivity contribution in [2.45, 2.75) is 50.2 Å². The summed E-state index contributed by atoms with van der Waals surface area (Å²) >= 11 is 6.58. The van der Waals surface area contributed by atoms with Gasteiger partial charge in [0.15, 0.2) is 0 Å². The first-order valence-electron chi connectivity index (χ1n) is 15.3. The van der Waals surface area contributed by atoms with E-state index in [-0.39, 0.29) is 41.2 Å². The highest BCUT2D eigenvalue weighted by molar-refractivity contribution is 7.92. The van der Waals surface area contributed by atoms with E-state index in [1.807, 2.05) is 44.2 Å². The number of carbonyl (C=O) groups excluding carboxylic acids is 2. The van der Waals surface area contributed by atoms with Crippen LogP contribution >= 0.6 is 11.6 Å². The molecule has 0 aromatic heterocycles. The van der Waals surface area contributed by atoms with E-state index < -0.39 is 28.5 Å². The van der Waals surface area contributed by atoms with E-state index in [0.29, 0.717) is 22.8 Å². The van der Waals surface area contributed by atoms with Crippen molar-refractivity contribution in [1.29, 1.82) is 0 Å². The number of rotatable bonds is 15. The molecule has 4 rings (SSSR count). The van der Waals surface area contributed by atoms with E-state index >= 15 is 0 Å². The standard InChI is InChI=1S/C36H40ClN3O6S/c1-5-26(2)38-36(42)33(22-27-14-8-6-9-15-27)39(24-28-16-12-13-19-31(28)37)35(41)25-40(47(43,44)30-17-10-7-11-18-30)32-23-29(45-3)20-21-34(32)46-4/h6-21,23,26,33H,5,22,24-25H2,1-4H3,(H,38,42). The molecular formula is C36H40ClN3O6S. The zero-order chi connectivity index (χ0) is 34.0. The average Bonchev–Trinajstić information content (AvgIpc) is 3.09. The van der Waals surface area contributed by atoms with Crippen LogP contribution in [0.15, 0.2) is 108 Å². The van der Waals surface area contributed by atoms with E-state index in [2.05, 4.69) is 5.32 Å². The molecule has 248 valence electrons. The van der Waals surface area contributed by atoms with Crippen LogP contribution in [0.1, 0.15) is 31.4 Å². The Hall–Kier alpha value is -4.54. The molecule has 47 heavy (non-hydrogen) atoms. The zero-order valence-electron chi connectivity index (χ0n) is 26.9. The Morgan fingerprint density at radius 3 is 2.13 bits per heavy atom. The minimum Gasteiger partial charge on any atom is -0.497 e. The Morgan fingerprint density at radius 1 is 0.872 bits per heavy atom. The third-order valence-corrected chi connectivity index (χ3v) is 9.98. The van der Waals surface area contributed by atoms with Crippen LogP contribution in [0, 0.1) is 0 Å². The maximum absolute atomic E-state index is 14.7. The maximum Gasteiger partial charge on any atom is 0.264 e. The van der Waals surface area contributed by atoms with E-state index in [1.54, 1.807) is 54.6 Å². The van der Waals surface area contributed by atoms with Crippen LogP contribution in [0.4, 0.5) is 5.69 Å². The fourth-order valence-electron chi connectivity index (χ4n) is 5.03. The van der Waals surface area contributed by atoms with E-state index in [1.165, 1.54) is 37.3 Å². The molecule has 2 amide bonds. The SMILES string of the molecule is CCC(C)NC(=O)C(Cc1ccccc1)N(Cc1ccccc1Cl)C(=O)CN(c1cc(OC)ccc1OC)S(=O)(=O)c1ccccc1. The van der Waals surface area contributed by atoms with Gasteiger partial charge in [-0.05, 0) is 54.8 Å². The van der Waals surface area contributed by atoms with Gasteiger partial charge in [-0.2, -0.15) is 0 Å². The second kappa shape index (κ2) is 16.3. The van der Waals surface area contributed by atoms with Crippen LogP contribution in [0.25, 0.3) is 0 Å². The van der Waals surface area contributed by atoms with Crippen LogP contribution in [0.3, 0.4) is 0 Å². The molecule has 0 aliphatic rings. The lowest BCUT2D eigenvalue weighted by Crippen LogP contribution is -2.54. The van der Waals surface area contributed by atoms with Crippen LogP contribution < -0.4 is 19.1 Å². The van der Waals surface area contributed by atoms with E-state index in [9.17, 15) is 18.0 Å². The molecule has 0 heterocycles. The number of methoxy groups -OCH3 is 2. The van der Waals surface area contributed by atoms with Gasteiger partial charge in [0.2, 0.25) is 11.8 Å². The lowest BCUT2D eigenvalue weighted by molar-refractivity contribution is -0.140. The van der Waals surface area contributed by atoms with Gasteiger partial charge in [0.05, 0.1) is 24.8 Å². The Labute approximate surface area is 282 Å². The molecule has 0 spiro atoms. The van der Waals surface area contributed by atoms with Crippen molar-refractivity contribution in [3.8, 4) is 11.5 Å². The molecular weight excluding hydrogens is 638 g/mol. The lowest BCUT2D eigenvalue weighted by Gasteiger charge is -2.34. The Morgan fingerprint density at radius 2 is 1.51 bits per heavy atom. The number of nitrogens with zero attached hydrogens (tertiary/aromatic N) is 2. The molecule has 0 aliphatic carbocycles. The summed E-state index contributed by atoms with van der Waals surface area (Å²) in [6.45, 7) is 3.16. The summed E-state index contributed by atoms with van der Waals surface area (Å²) in [5.74, 6) is -0.398. The summed E-state index contributed by atoms with van der Waals surface area (Å²) in [6, 6.07) is 27.8. The summed E-state index contributed by atoms with van der Waals surface area (Å²) in [6.07, 6.45) is 0.869. The van der Waals surface area contributed by atoms with E-state index in [0.717, 1.165) is 9.87 Å². The molecule has 4 aromatic rings. The molecule has 11 heteroatoms. The second-order valence-corrected chi connectivity index (χ2v) is 13.3. The quantitative estimate of drug-likeness (QED) is 0.163. The number of halogens is 1. The molecule has 0 radical (unpaired) electrons. The fourth-order valence-corrected chi connectivity index (χ4v) is 6.66. The van der Waals surface area contributed by atoms with Gasteiger partial charge < -0.3 is 19.7 Å². The number of amides is 2. The monoisotopic (exact) mass is 677 g/mol. The third kappa shape index (κ3) is 8.84. The first kappa shape index (κ1) is 35.3. The van der Waals surface area contributed by atoms with Crippen molar-refractivity contribution in [3.05, 3.63) is 119 Å². The van der Waals surface area contributed by atoms with Crippen molar-refractivity contribution >= 4 is 39.1 Å². The summed E-state index contributed by atoms with van der Waals surface area (Å²) < 4.78 is 40.6. The van der Waals surface area contributed by atoms with Gasteiger partial charge >= 0.3 is 0 Å². The number of hydrogen-bond donors (Lipinski definition) is 1. The highest BCUT2D eigenvalue weighted by atomic mass is 35.5. The number of anilines is 1. The number of carbonyl (C=O) groups is 2. The Balaban J connectivity index is 1.87. The molecule has 0 saturated heterocycles. The number of nitrogens with one attached hydrogen (secondary N) is 1. The second-order valence-electron chi connectivity index (χ2n) is 11.0. The van der Waals surface area contributed by atoms with Gasteiger partial charge in [-0.15, -0.1) is 0 Å². The topological polar surface area (TPSA) is 105 Å². The summed E-state index contributed by atoms with van der Waals surface area (Å²) in [4.78, 5) is 30.1. The predicted octanol–water partition coefficient (Wildman–Crippen LogP) is 6.11. The smallest absolute Gasteiger partial charge is 0.264 e. The van der Waals surface area contributed by atoms with Crippen LogP contribution in [0.5, 0.6) is 11.5 Å². The molecule has 0 bridgehead atoms. The molecule has 0 fully saturated rings. The zero-order valence-corrected chi connectivity index (χ0v) is 28.5. The highest BCUT2D eigenvalue weighted by Crippen LogP contribution is 2.36. The van der Waals surface area contributed by atoms with Crippen LogP contribution in [-0.4, -0.2) is 58.0 Å². The summed E-state index contributed by atoms with van der Waals surface area (Å²) in [5, 5.41) is 3.44. The van der Waals surface area contributed by atoms with Gasteiger partial charge in [-0.3, -0.25) is 13.9 Å². The molecule has 1 N–H and O–H groups in total. The first-order valence-corrected chi connectivity index (χ1v) is 17.1. The largest absolute Gasteiger partial charge is 0.497 e. The number of sulfonamides is 1. The van der Waals surface area contributed by atoms with Gasteiger partial charge in [0.25, 0.3) is 10.0 Å². The minimum absolute atomic E-state index is 0.0225.